The van der Waals surface area contributed by atoms with E-state index in [-0.39, 0.29) is 24.6 Å². The van der Waals surface area contributed by atoms with Crippen LogP contribution < -0.4 is 5.56 Å². The Labute approximate surface area is 138 Å². The molecule has 23 heavy (non-hydrogen) atoms. The summed E-state index contributed by atoms with van der Waals surface area (Å²) < 4.78 is 0. The Morgan fingerprint density at radius 2 is 2.09 bits per heavy atom. The predicted octanol–water partition coefficient (Wildman–Crippen LogP) is 0.809. The van der Waals surface area contributed by atoms with Crippen molar-refractivity contribution in [2.75, 3.05) is 33.8 Å². The SMILES string of the molecule is CCN(CCO)C(=O)c1sc2nc(CN(C)C)[nH]c(=O)c2c1C. The van der Waals surface area contributed by atoms with Crippen LogP contribution in [0.3, 0.4) is 0 Å². The minimum atomic E-state index is -0.218. The third-order valence-corrected chi connectivity index (χ3v) is 4.72. The molecule has 2 heterocycles. The maximum Gasteiger partial charge on any atom is 0.264 e. The molecule has 1 amide bonds. The molecule has 0 atom stereocenters. The van der Waals surface area contributed by atoms with Crippen LogP contribution in [0.5, 0.6) is 0 Å². The quantitative estimate of drug-likeness (QED) is 0.813. The van der Waals surface area contributed by atoms with E-state index < -0.39 is 0 Å². The van der Waals surface area contributed by atoms with E-state index in [1.165, 1.54) is 11.3 Å². The van der Waals surface area contributed by atoms with E-state index in [1.54, 1.807) is 11.8 Å². The van der Waals surface area contributed by atoms with E-state index in [4.69, 9.17) is 5.11 Å². The molecular weight excluding hydrogens is 316 g/mol. The van der Waals surface area contributed by atoms with Crippen LogP contribution >= 0.6 is 11.3 Å². The lowest BCUT2D eigenvalue weighted by atomic mass is 10.2. The zero-order valence-electron chi connectivity index (χ0n) is 13.8. The summed E-state index contributed by atoms with van der Waals surface area (Å²) in [5.74, 6) is 0.408. The number of hydrogen-bond acceptors (Lipinski definition) is 6. The van der Waals surface area contributed by atoms with Crippen molar-refractivity contribution in [1.82, 2.24) is 19.8 Å². The largest absolute Gasteiger partial charge is 0.395 e. The molecule has 2 N–H and O–H groups in total. The van der Waals surface area contributed by atoms with Gasteiger partial charge in [-0.2, -0.15) is 0 Å². The van der Waals surface area contributed by atoms with Crippen molar-refractivity contribution < 1.29 is 9.90 Å². The number of hydrogen-bond donors (Lipinski definition) is 2. The van der Waals surface area contributed by atoms with Crippen molar-refractivity contribution in [1.29, 1.82) is 0 Å². The number of aromatic nitrogens is 2. The van der Waals surface area contributed by atoms with Crippen molar-refractivity contribution >= 4 is 27.5 Å². The number of amides is 1. The average Bonchev–Trinajstić information content (AvgIpc) is 2.80. The topological polar surface area (TPSA) is 89.5 Å². The molecule has 2 aromatic rings. The highest BCUT2D eigenvalue weighted by atomic mass is 32.1. The summed E-state index contributed by atoms with van der Waals surface area (Å²) >= 11 is 1.23. The number of fused-ring (bicyclic) bond motifs is 1. The summed E-state index contributed by atoms with van der Waals surface area (Å²) in [4.78, 5) is 36.7. The number of rotatable bonds is 6. The highest BCUT2D eigenvalue weighted by Gasteiger charge is 2.22. The smallest absolute Gasteiger partial charge is 0.264 e. The van der Waals surface area contributed by atoms with Gasteiger partial charge in [0.25, 0.3) is 11.5 Å². The van der Waals surface area contributed by atoms with Crippen molar-refractivity contribution in [2.24, 2.45) is 0 Å². The maximum absolute atomic E-state index is 12.6. The second-order valence-electron chi connectivity index (χ2n) is 5.60. The van der Waals surface area contributed by atoms with E-state index >= 15 is 0 Å². The molecule has 0 saturated carbocycles. The summed E-state index contributed by atoms with van der Waals surface area (Å²) in [6, 6.07) is 0. The van der Waals surface area contributed by atoms with Gasteiger partial charge in [-0.3, -0.25) is 9.59 Å². The summed E-state index contributed by atoms with van der Waals surface area (Å²) in [6.07, 6.45) is 0. The lowest BCUT2D eigenvalue weighted by Crippen LogP contribution is -2.33. The van der Waals surface area contributed by atoms with E-state index in [0.717, 1.165) is 0 Å². The molecular formula is C15H22N4O3S. The number of nitrogens with zero attached hydrogens (tertiary/aromatic N) is 3. The third-order valence-electron chi connectivity index (χ3n) is 3.55. The Bertz CT molecular complexity index is 766. The second kappa shape index (κ2) is 7.20. The Balaban J connectivity index is 2.51. The fraction of sp³-hybridized carbons (Fsp3) is 0.533. The third kappa shape index (κ3) is 3.60. The molecule has 0 bridgehead atoms. The fourth-order valence-electron chi connectivity index (χ4n) is 2.43. The van der Waals surface area contributed by atoms with Crippen molar-refractivity contribution in [3.8, 4) is 0 Å². The first kappa shape index (κ1) is 17.6. The maximum atomic E-state index is 12.6. The Hall–Kier alpha value is -1.77. The molecule has 0 aliphatic rings. The van der Waals surface area contributed by atoms with Gasteiger partial charge in [0.2, 0.25) is 0 Å². The van der Waals surface area contributed by atoms with E-state index in [0.29, 0.717) is 39.6 Å². The van der Waals surface area contributed by atoms with Gasteiger partial charge in [0, 0.05) is 13.1 Å². The molecule has 126 valence electrons. The molecule has 0 saturated heterocycles. The van der Waals surface area contributed by atoms with Gasteiger partial charge in [0.1, 0.15) is 10.7 Å². The first-order valence-corrected chi connectivity index (χ1v) is 8.27. The predicted molar refractivity (Wildman–Crippen MR) is 91.0 cm³/mol. The molecule has 8 heteroatoms. The molecule has 2 aromatic heterocycles. The first-order valence-electron chi connectivity index (χ1n) is 7.46. The first-order chi connectivity index (χ1) is 10.9. The minimum absolute atomic E-state index is 0.0880. The van der Waals surface area contributed by atoms with Crippen LogP contribution in [-0.4, -0.2) is 64.6 Å². The zero-order chi connectivity index (χ0) is 17.1. The van der Waals surface area contributed by atoms with Crippen LogP contribution in [0.15, 0.2) is 4.79 Å². The monoisotopic (exact) mass is 338 g/mol. The van der Waals surface area contributed by atoms with Crippen molar-refractivity contribution in [3.05, 3.63) is 26.6 Å². The lowest BCUT2D eigenvalue weighted by Gasteiger charge is -2.19. The van der Waals surface area contributed by atoms with Crippen molar-refractivity contribution in [2.45, 2.75) is 20.4 Å². The average molecular weight is 338 g/mol. The van der Waals surface area contributed by atoms with Crippen molar-refractivity contribution in [3.63, 3.8) is 0 Å². The summed E-state index contributed by atoms with van der Waals surface area (Å²) in [5.41, 5.74) is 0.432. The van der Waals surface area contributed by atoms with E-state index in [1.807, 2.05) is 25.9 Å². The van der Waals surface area contributed by atoms with Gasteiger partial charge in [0.05, 0.1) is 23.4 Å². The molecule has 0 aliphatic carbocycles. The standard InChI is InChI=1S/C15H22N4O3S/c1-5-19(6-7-20)15(22)12-9(2)11-13(21)16-10(8-18(3)4)17-14(11)23-12/h20H,5-8H2,1-4H3,(H,16,17,21). The highest BCUT2D eigenvalue weighted by molar-refractivity contribution is 7.20. The van der Waals surface area contributed by atoms with E-state index in [2.05, 4.69) is 9.97 Å². The molecule has 0 spiro atoms. The lowest BCUT2D eigenvalue weighted by molar-refractivity contribution is 0.0736. The summed E-state index contributed by atoms with van der Waals surface area (Å²) in [6.45, 7) is 4.84. The molecule has 0 unspecified atom stereocenters. The molecule has 0 aliphatic heterocycles. The molecule has 0 fully saturated rings. The Morgan fingerprint density at radius 3 is 2.65 bits per heavy atom. The van der Waals surface area contributed by atoms with Gasteiger partial charge >= 0.3 is 0 Å². The normalized spacial score (nSPS) is 11.4. The Morgan fingerprint density at radius 1 is 1.39 bits per heavy atom. The van der Waals surface area contributed by atoms with Crippen LogP contribution in [0, 0.1) is 6.92 Å². The number of aromatic amines is 1. The number of aliphatic hydroxyl groups excluding tert-OH is 1. The summed E-state index contributed by atoms with van der Waals surface area (Å²) in [5, 5.41) is 9.55. The molecule has 0 aromatic carbocycles. The number of carbonyl (C=O) groups excluding carboxylic acids is 1. The van der Waals surface area contributed by atoms with Gasteiger partial charge < -0.3 is 19.9 Å². The van der Waals surface area contributed by atoms with Gasteiger partial charge in [-0.15, -0.1) is 11.3 Å². The van der Waals surface area contributed by atoms with Crippen LogP contribution in [0.1, 0.15) is 28.0 Å². The van der Waals surface area contributed by atoms with E-state index in [9.17, 15) is 9.59 Å². The minimum Gasteiger partial charge on any atom is -0.395 e. The Kier molecular flexibility index (Phi) is 5.51. The number of nitrogens with one attached hydrogen (secondary N) is 1. The van der Waals surface area contributed by atoms with Crippen LogP contribution in [0.2, 0.25) is 0 Å². The van der Waals surface area contributed by atoms with Gasteiger partial charge in [-0.05, 0) is 33.5 Å². The van der Waals surface area contributed by atoms with Gasteiger partial charge in [-0.1, -0.05) is 0 Å². The number of likely N-dealkylation sites (N-methyl/N-ethyl adjacent to an activating group) is 1. The molecule has 0 radical (unpaired) electrons. The number of H-pyrrole nitrogens is 1. The molecule has 7 nitrogen and oxygen atoms in total. The van der Waals surface area contributed by atoms with Gasteiger partial charge in [-0.25, -0.2) is 4.98 Å². The number of carbonyl (C=O) groups is 1. The zero-order valence-corrected chi connectivity index (χ0v) is 14.7. The van der Waals surface area contributed by atoms with Crippen LogP contribution in [0.4, 0.5) is 0 Å². The number of thiophene rings is 1. The number of aryl methyl sites for hydroxylation is 1. The summed E-state index contributed by atoms with van der Waals surface area (Å²) in [7, 11) is 3.79. The van der Waals surface area contributed by atoms with Crippen LogP contribution in [-0.2, 0) is 6.54 Å². The van der Waals surface area contributed by atoms with Crippen LogP contribution in [0.25, 0.3) is 10.2 Å². The van der Waals surface area contributed by atoms with Gasteiger partial charge in [0.15, 0.2) is 0 Å². The molecule has 2 rings (SSSR count). The highest BCUT2D eigenvalue weighted by Crippen LogP contribution is 2.28. The number of aliphatic hydroxyl groups is 1. The second-order valence-corrected chi connectivity index (χ2v) is 6.59. The fourth-order valence-corrected chi connectivity index (χ4v) is 3.60.